The first-order valence-electron chi connectivity index (χ1n) is 6.69. The minimum absolute atomic E-state index is 0.189. The Morgan fingerprint density at radius 3 is 2.82 bits per heavy atom. The highest BCUT2D eigenvalue weighted by Crippen LogP contribution is 2.21. The number of anilines is 1. The van der Waals surface area contributed by atoms with Crippen molar-refractivity contribution in [3.05, 3.63) is 52.5 Å². The number of amides is 2. The van der Waals surface area contributed by atoms with Crippen LogP contribution < -0.4 is 10.2 Å². The first-order valence-corrected chi connectivity index (χ1v) is 7.57. The summed E-state index contributed by atoms with van der Waals surface area (Å²) < 4.78 is 18.1. The lowest BCUT2D eigenvalue weighted by Gasteiger charge is -2.12. The lowest BCUT2D eigenvalue weighted by molar-refractivity contribution is 0.0920. The zero-order valence-electron chi connectivity index (χ0n) is 11.5. The Kier molecular flexibility index (Phi) is 4.06. The zero-order chi connectivity index (χ0) is 15.5. The zero-order valence-corrected chi connectivity index (χ0v) is 12.3. The number of nitrogens with one attached hydrogen (secondary N) is 1. The predicted octanol–water partition coefficient (Wildman–Crippen LogP) is 2.64. The van der Waals surface area contributed by atoms with Crippen LogP contribution in [0.3, 0.4) is 0 Å². The number of halogens is 1. The van der Waals surface area contributed by atoms with Crippen LogP contribution in [0.25, 0.3) is 0 Å². The summed E-state index contributed by atoms with van der Waals surface area (Å²) in [5, 5.41) is 4.56. The molecule has 0 spiro atoms. The third-order valence-corrected chi connectivity index (χ3v) is 4.12. The van der Waals surface area contributed by atoms with Crippen LogP contribution in [-0.2, 0) is 4.74 Å². The second-order valence-corrected chi connectivity index (χ2v) is 5.73. The molecule has 1 aromatic heterocycles. The van der Waals surface area contributed by atoms with Gasteiger partial charge in [-0.25, -0.2) is 9.18 Å². The maximum Gasteiger partial charge on any atom is 0.414 e. The predicted molar refractivity (Wildman–Crippen MR) is 80.7 cm³/mol. The highest BCUT2D eigenvalue weighted by atomic mass is 32.1. The van der Waals surface area contributed by atoms with Crippen LogP contribution in [0.4, 0.5) is 14.9 Å². The molecule has 1 aliphatic heterocycles. The van der Waals surface area contributed by atoms with E-state index in [0.29, 0.717) is 17.1 Å². The Bertz CT molecular complexity index is 673. The van der Waals surface area contributed by atoms with Gasteiger partial charge in [0, 0.05) is 5.69 Å². The van der Waals surface area contributed by atoms with Gasteiger partial charge in [-0.3, -0.25) is 9.69 Å². The third kappa shape index (κ3) is 3.09. The van der Waals surface area contributed by atoms with Crippen molar-refractivity contribution in [3.63, 3.8) is 0 Å². The van der Waals surface area contributed by atoms with Gasteiger partial charge in [0.15, 0.2) is 0 Å². The van der Waals surface area contributed by atoms with Gasteiger partial charge in [-0.1, -0.05) is 6.07 Å². The summed E-state index contributed by atoms with van der Waals surface area (Å²) in [6.07, 6.45) is -0.927. The number of carbonyl (C=O) groups is 2. The van der Waals surface area contributed by atoms with E-state index in [-0.39, 0.29) is 18.3 Å². The average Bonchev–Trinajstić information content (AvgIpc) is 3.15. The van der Waals surface area contributed by atoms with E-state index in [4.69, 9.17) is 4.74 Å². The SMILES string of the molecule is O=C(NC[C@@H]1CN(c2ccc(F)cc2)C(=O)O1)c1cccs1. The summed E-state index contributed by atoms with van der Waals surface area (Å²) in [5.41, 5.74) is 0.568. The fraction of sp³-hybridized carbons (Fsp3) is 0.200. The van der Waals surface area contributed by atoms with Crippen molar-refractivity contribution in [3.8, 4) is 0 Å². The van der Waals surface area contributed by atoms with Gasteiger partial charge in [-0.2, -0.15) is 0 Å². The van der Waals surface area contributed by atoms with Gasteiger partial charge < -0.3 is 10.1 Å². The molecule has 1 aromatic carbocycles. The van der Waals surface area contributed by atoms with E-state index in [1.54, 1.807) is 12.1 Å². The van der Waals surface area contributed by atoms with Crippen molar-refractivity contribution < 1.29 is 18.7 Å². The molecule has 0 aliphatic carbocycles. The standard InChI is InChI=1S/C15H13FN2O3S/c16-10-3-5-11(6-4-10)18-9-12(21-15(18)20)8-17-14(19)13-2-1-7-22-13/h1-7,12H,8-9H2,(H,17,19)/t12-/m1/s1. The van der Waals surface area contributed by atoms with Crippen molar-refractivity contribution >= 4 is 29.0 Å². The molecule has 1 N–H and O–H groups in total. The van der Waals surface area contributed by atoms with Crippen molar-refractivity contribution in [2.75, 3.05) is 18.0 Å². The average molecular weight is 320 g/mol. The number of cyclic esters (lactones) is 1. The van der Waals surface area contributed by atoms with Crippen molar-refractivity contribution in [1.29, 1.82) is 0 Å². The molecule has 1 saturated heterocycles. The van der Waals surface area contributed by atoms with Gasteiger partial charge >= 0.3 is 6.09 Å². The number of rotatable bonds is 4. The minimum atomic E-state index is -0.498. The molecule has 5 nitrogen and oxygen atoms in total. The summed E-state index contributed by atoms with van der Waals surface area (Å²) in [6.45, 7) is 0.551. The van der Waals surface area contributed by atoms with Crippen LogP contribution in [0.5, 0.6) is 0 Å². The van der Waals surface area contributed by atoms with Gasteiger partial charge in [-0.15, -0.1) is 11.3 Å². The van der Waals surface area contributed by atoms with Gasteiger partial charge in [0.2, 0.25) is 0 Å². The highest BCUT2D eigenvalue weighted by molar-refractivity contribution is 7.12. The summed E-state index contributed by atoms with van der Waals surface area (Å²) in [5.74, 6) is -0.553. The van der Waals surface area contributed by atoms with E-state index in [1.807, 2.05) is 5.38 Å². The molecule has 2 heterocycles. The molecular weight excluding hydrogens is 307 g/mol. The molecular formula is C15H13FN2O3S. The Balaban J connectivity index is 1.58. The monoisotopic (exact) mass is 320 g/mol. The molecule has 7 heteroatoms. The molecule has 2 amide bonds. The summed E-state index contributed by atoms with van der Waals surface area (Å²) >= 11 is 1.35. The fourth-order valence-corrected chi connectivity index (χ4v) is 2.80. The lowest BCUT2D eigenvalue weighted by Crippen LogP contribution is -2.34. The maximum absolute atomic E-state index is 12.9. The molecule has 0 bridgehead atoms. The van der Waals surface area contributed by atoms with Gasteiger partial charge in [0.05, 0.1) is 18.0 Å². The normalized spacial score (nSPS) is 17.4. The molecule has 1 fully saturated rings. The number of hydrogen-bond donors (Lipinski definition) is 1. The van der Waals surface area contributed by atoms with E-state index in [0.717, 1.165) is 0 Å². The molecule has 0 radical (unpaired) electrons. The molecule has 3 rings (SSSR count). The Morgan fingerprint density at radius 2 is 2.14 bits per heavy atom. The number of thiophene rings is 1. The number of benzene rings is 1. The molecule has 114 valence electrons. The molecule has 1 aliphatic rings. The van der Waals surface area contributed by atoms with Crippen molar-refractivity contribution in [1.82, 2.24) is 5.32 Å². The van der Waals surface area contributed by atoms with E-state index in [9.17, 15) is 14.0 Å². The van der Waals surface area contributed by atoms with E-state index in [2.05, 4.69) is 5.32 Å². The summed E-state index contributed by atoms with van der Waals surface area (Å²) in [6, 6.07) is 9.13. The molecule has 0 unspecified atom stereocenters. The molecule has 22 heavy (non-hydrogen) atoms. The second kappa shape index (κ2) is 6.15. The number of ether oxygens (including phenoxy) is 1. The largest absolute Gasteiger partial charge is 0.442 e. The molecule has 1 atom stereocenters. The third-order valence-electron chi connectivity index (χ3n) is 3.25. The lowest BCUT2D eigenvalue weighted by atomic mass is 10.2. The van der Waals surface area contributed by atoms with Crippen molar-refractivity contribution in [2.24, 2.45) is 0 Å². The van der Waals surface area contributed by atoms with E-state index < -0.39 is 12.2 Å². The quantitative estimate of drug-likeness (QED) is 0.942. The Labute approximate surface area is 130 Å². The fourth-order valence-electron chi connectivity index (χ4n) is 2.16. The molecule has 0 saturated carbocycles. The Morgan fingerprint density at radius 1 is 1.36 bits per heavy atom. The Hall–Kier alpha value is -2.41. The highest BCUT2D eigenvalue weighted by Gasteiger charge is 2.32. The first kappa shape index (κ1) is 14.5. The van der Waals surface area contributed by atoms with Crippen LogP contribution >= 0.6 is 11.3 Å². The summed E-state index contributed by atoms with van der Waals surface area (Å²) in [7, 11) is 0. The topological polar surface area (TPSA) is 58.6 Å². The second-order valence-electron chi connectivity index (χ2n) is 4.78. The van der Waals surface area contributed by atoms with Crippen LogP contribution in [-0.4, -0.2) is 31.2 Å². The van der Waals surface area contributed by atoms with Gasteiger partial charge in [0.25, 0.3) is 5.91 Å². The maximum atomic E-state index is 12.9. The van der Waals surface area contributed by atoms with E-state index >= 15 is 0 Å². The molecule has 2 aromatic rings. The van der Waals surface area contributed by atoms with Gasteiger partial charge in [-0.05, 0) is 35.7 Å². The van der Waals surface area contributed by atoms with Crippen LogP contribution in [0.2, 0.25) is 0 Å². The number of nitrogens with zero attached hydrogens (tertiary/aromatic N) is 1. The smallest absolute Gasteiger partial charge is 0.414 e. The minimum Gasteiger partial charge on any atom is -0.442 e. The van der Waals surface area contributed by atoms with Crippen LogP contribution in [0, 0.1) is 5.82 Å². The first-order chi connectivity index (χ1) is 10.6. The summed E-state index contributed by atoms with van der Waals surface area (Å²) in [4.78, 5) is 25.7. The van der Waals surface area contributed by atoms with Gasteiger partial charge in [0.1, 0.15) is 11.9 Å². The number of hydrogen-bond acceptors (Lipinski definition) is 4. The number of carbonyl (C=O) groups excluding carboxylic acids is 2. The van der Waals surface area contributed by atoms with Crippen molar-refractivity contribution in [2.45, 2.75) is 6.10 Å². The van der Waals surface area contributed by atoms with Crippen LogP contribution in [0.1, 0.15) is 9.67 Å². The van der Waals surface area contributed by atoms with Crippen LogP contribution in [0.15, 0.2) is 41.8 Å². The van der Waals surface area contributed by atoms with E-state index in [1.165, 1.54) is 40.5 Å².